The summed E-state index contributed by atoms with van der Waals surface area (Å²) in [4.78, 5) is 209. The number of amides is 10. The van der Waals surface area contributed by atoms with E-state index in [1.165, 1.54) is 87.4 Å². The number of halogens is 1. The maximum atomic E-state index is 12.2. The molecule has 0 aromatic heterocycles. The largest absolute Gasteiger partial charge is 0.496 e. The molecule has 0 bridgehead atoms. The molecule has 0 radical (unpaired) electrons. The van der Waals surface area contributed by atoms with Gasteiger partial charge in [0.1, 0.15) is 61.5 Å². The molecule has 10 amide bonds. The minimum Gasteiger partial charge on any atom is -0.496 e. The van der Waals surface area contributed by atoms with Gasteiger partial charge in [-0.05, 0) is 106 Å². The van der Waals surface area contributed by atoms with Gasteiger partial charge >= 0.3 is 83.8 Å². The van der Waals surface area contributed by atoms with Crippen LogP contribution < -0.4 is 49.4 Å². The third-order valence-corrected chi connectivity index (χ3v) is 22.6. The standard InChI is InChI=1S/C18H22N2O6.C15H19N3O4.C13H15BrO4.C13H16O5.C11H10O3.C10H19NO2.C6H12N4O2.C6H11NO2.C6H12O2.C5H10N2O2/c1-13(21)20-9-8-19(18(20)24)11-15(17(23)25-2)10-16(22)26-12-14-6-4-3-5-7-14;16-14(20)12(9-18-7-6-17-15(18)21)8-13(19)22-10-11-4-2-1-3-5-11;2*1-17-13(16)11(8-14)7-12(15)18-9-10-5-3-2-4-6-10;1-14-10-4-2-3-7-5-8(11(12)13)6-9(7)10;1-10(2,3)13-9(12)8(11)6-7-4-5-7;7-4(5(8)11)3-10-2-1-9-6(10)12;7-5(6(8)9)3-4-1-2-4;1-5(7)8-6(2,3)4;1-4(8)7-3-2-6-5(7)9/h3-7,15H,8-12H2,1-2H3;1-5,12H,6-10H2,(H2,16,20)(H,17,21);2-6,11H,7-9H2,1H3;2-6,11,14H,7-9H2,1H3;2-4,6H,5H2,1H3,(H,12,13);7-8H,4-6,11H2,1-3H3;4H,1-3,7H2,(H2,8,11)(H,9,12);4-5H,1-3,7H2,(H,8,9);1-4H3;5-6,9H,2-3H2,1H3/t15-;;2*11-;;8-;;5-;;5-/m0.00.0.0.0/s1. The maximum absolute atomic E-state index is 12.2. The summed E-state index contributed by atoms with van der Waals surface area (Å²) in [5.74, 6) is -8.45. The van der Waals surface area contributed by atoms with Gasteiger partial charge in [-0.1, -0.05) is 175 Å². The highest BCUT2D eigenvalue weighted by atomic mass is 79.9. The average Bonchev–Trinajstić information content (AvgIpc) is 1.66. The van der Waals surface area contributed by atoms with Crippen LogP contribution in [0.1, 0.15) is 160 Å². The smallest absolute Gasteiger partial charge is 0.331 e. The number of rotatable bonds is 37. The number of carbonyl (C=O) groups is 18. The molecule has 4 aliphatic heterocycles. The molecule has 12 rings (SSSR count). The van der Waals surface area contributed by atoms with Gasteiger partial charge in [-0.25, -0.2) is 19.2 Å². The highest BCUT2D eigenvalue weighted by Gasteiger charge is 2.38. The van der Waals surface area contributed by atoms with Crippen LogP contribution in [0.3, 0.4) is 0 Å². The fourth-order valence-corrected chi connectivity index (χ4v) is 14.1. The van der Waals surface area contributed by atoms with Gasteiger partial charge in [0, 0.05) is 116 Å². The number of esters is 9. The summed E-state index contributed by atoms with van der Waals surface area (Å²) in [7, 11) is 5.31. The first-order chi connectivity index (χ1) is 70.4. The first-order valence-electron chi connectivity index (χ1n) is 48.0. The maximum Gasteiger partial charge on any atom is 0.331 e. The number of nitrogens with zero attached hydrogens (tertiary/aromatic N) is 5. The molecule has 2 saturated carbocycles. The van der Waals surface area contributed by atoms with Crippen molar-refractivity contribution in [2.75, 3.05) is 112 Å². The second-order valence-corrected chi connectivity index (χ2v) is 37.3. The predicted octanol–water partition coefficient (Wildman–Crippen LogP) is 5.90. The van der Waals surface area contributed by atoms with Gasteiger partial charge in [-0.2, -0.15) is 0 Å². The molecule has 8 atom stereocenters. The molecule has 149 heavy (non-hydrogen) atoms. The summed E-state index contributed by atoms with van der Waals surface area (Å²) in [5, 5.41) is 43.4. The van der Waals surface area contributed by atoms with Crippen molar-refractivity contribution in [3.63, 3.8) is 0 Å². The number of carboxylic acids is 2. The Morgan fingerprint density at radius 3 is 1.18 bits per heavy atom. The Hall–Kier alpha value is -14.1. The lowest BCUT2D eigenvalue weighted by Crippen LogP contribution is -2.46. The second kappa shape index (κ2) is 68.5. The molecule has 3 aliphatic carbocycles. The van der Waals surface area contributed by atoms with Gasteiger partial charge in [0.25, 0.3) is 0 Å². The Balaban J connectivity index is 0.000000433. The van der Waals surface area contributed by atoms with Crippen LogP contribution in [-0.2, 0) is 147 Å². The molecule has 4 saturated heterocycles. The first kappa shape index (κ1) is 129. The van der Waals surface area contributed by atoms with Crippen LogP contribution in [0.5, 0.6) is 5.75 Å². The summed E-state index contributed by atoms with van der Waals surface area (Å²) in [6, 6.07) is 39.9. The Bertz CT molecular complexity index is 5070. The SMILES string of the molecule is CC(=O)N1CCN[C@@H]1O.CC(=O)OC(C)(C)C.CC(C)(C)OC(=O)[C@@H](N)CC1CC1.COC(=O)[C@@H](CC(=O)OCc1ccccc1)CN1CCN(C(C)=O)C1=O.COC(=O)[C@H](CBr)CC(=O)OCc1ccccc1.COC(=O)[C@H](CO)CC(=O)OCc1ccccc1.COc1cccc2c1C=C(C(=O)O)C2.NC(=O)C(CC(=O)OCc1ccccc1)CN1CCNC1=O.NC(=O)C(N)CN1CCNC1=O.N[C@@H](CC1CC1)C(=O)O. The van der Waals surface area contributed by atoms with Gasteiger partial charge in [0.2, 0.25) is 23.6 Å². The van der Waals surface area contributed by atoms with Gasteiger partial charge in [0.15, 0.2) is 6.35 Å². The van der Waals surface area contributed by atoms with E-state index in [0.717, 1.165) is 50.5 Å². The molecule has 6 fully saturated rings. The lowest BCUT2D eigenvalue weighted by atomic mass is 10.0. The quantitative estimate of drug-likeness (QED) is 0.0125. The number of nitrogens with one attached hydrogen (secondary N) is 3. The number of methoxy groups -OCH3 is 4. The molecule has 0 spiro atoms. The summed E-state index contributed by atoms with van der Waals surface area (Å²) < 4.78 is 49.3. The summed E-state index contributed by atoms with van der Waals surface area (Å²) in [6.45, 7) is 19.8. The molecule has 4 heterocycles. The van der Waals surface area contributed by atoms with Crippen molar-refractivity contribution in [3.05, 3.63) is 178 Å². The first-order valence-corrected chi connectivity index (χ1v) is 49.1. The number of aliphatic hydroxyl groups is 2. The van der Waals surface area contributed by atoms with Gasteiger partial charge < -0.3 is 127 Å². The van der Waals surface area contributed by atoms with Crippen LogP contribution in [0.15, 0.2) is 145 Å². The number of imide groups is 1. The number of aliphatic hydroxyl groups excluding tert-OH is 2. The summed E-state index contributed by atoms with van der Waals surface area (Å²) in [5.41, 5.74) is 31.6. The van der Waals surface area contributed by atoms with E-state index in [2.05, 4.69) is 41.4 Å². The lowest BCUT2D eigenvalue weighted by molar-refractivity contribution is -0.157. The van der Waals surface area contributed by atoms with Gasteiger partial charge in [-0.3, -0.25) is 77.3 Å². The van der Waals surface area contributed by atoms with Crippen LogP contribution in [-0.4, -0.2) is 300 Å². The predicted molar refractivity (Wildman–Crippen MR) is 544 cm³/mol. The minimum atomic E-state index is -0.873. The van der Waals surface area contributed by atoms with Crippen LogP contribution in [0, 0.1) is 35.5 Å². The van der Waals surface area contributed by atoms with Crippen molar-refractivity contribution in [3.8, 4) is 5.75 Å². The van der Waals surface area contributed by atoms with Gasteiger partial charge in [0.05, 0.1) is 84.4 Å². The van der Waals surface area contributed by atoms with Crippen LogP contribution in [0.4, 0.5) is 14.4 Å². The molecule has 7 aliphatic rings. The van der Waals surface area contributed by atoms with Crippen molar-refractivity contribution < 1.29 is 154 Å². The van der Waals surface area contributed by atoms with E-state index in [-0.39, 0.29) is 120 Å². The van der Waals surface area contributed by atoms with Crippen molar-refractivity contribution in [2.24, 2.45) is 64.2 Å². The molecular formula is C103H146BrN13O32. The number of ether oxygens (including phenoxy) is 10. The number of carbonyl (C=O) groups excluding carboxylic acids is 16. The van der Waals surface area contributed by atoms with Crippen LogP contribution >= 0.6 is 15.9 Å². The number of alkyl halides is 1. The summed E-state index contributed by atoms with van der Waals surface area (Å²) >= 11 is 3.17. The molecule has 5 aromatic carbocycles. The molecule has 822 valence electrons. The van der Waals surface area contributed by atoms with E-state index in [1.54, 1.807) is 13.2 Å². The minimum absolute atomic E-state index is 0.00424. The second-order valence-electron chi connectivity index (χ2n) is 36.6. The molecule has 46 heteroatoms. The fourth-order valence-electron chi connectivity index (χ4n) is 13.6. The summed E-state index contributed by atoms with van der Waals surface area (Å²) in [6.07, 6.45) is 7.12. The zero-order valence-corrected chi connectivity index (χ0v) is 88.2. The number of aliphatic carboxylic acids is 2. The lowest BCUT2D eigenvalue weighted by Gasteiger charge is -2.22. The van der Waals surface area contributed by atoms with Crippen molar-refractivity contribution in [1.82, 2.24) is 40.4 Å². The monoisotopic (exact) mass is 2160 g/mol. The number of nitrogens with two attached hydrogens (primary N) is 5. The average molecular weight is 2160 g/mol. The number of hydrogen-bond donors (Lipinski definition) is 12. The van der Waals surface area contributed by atoms with E-state index < -0.39 is 132 Å². The normalized spacial score (nSPS) is 15.7. The Morgan fingerprint density at radius 1 is 0.456 bits per heavy atom. The third-order valence-electron chi connectivity index (χ3n) is 21.8. The number of primary amides is 2. The van der Waals surface area contributed by atoms with Gasteiger partial charge in [-0.15, -0.1) is 0 Å². The molecular weight excluding hydrogens is 2010 g/mol. The number of carboxylic acid groups (broad SMARTS) is 2. The molecule has 45 nitrogen and oxygen atoms in total. The third kappa shape index (κ3) is 54.4. The number of fused-ring (bicyclic) bond motifs is 1. The zero-order valence-electron chi connectivity index (χ0n) is 86.6. The van der Waals surface area contributed by atoms with E-state index in [4.69, 9.17) is 87.0 Å². The van der Waals surface area contributed by atoms with Crippen LogP contribution in [0.25, 0.3) is 6.08 Å². The topological polar surface area (TPSA) is 663 Å². The Labute approximate surface area is 875 Å². The zero-order chi connectivity index (χ0) is 112. The molecule has 5 aromatic rings. The Morgan fingerprint density at radius 2 is 0.859 bits per heavy atom. The highest BCUT2D eigenvalue weighted by molar-refractivity contribution is 9.09. The van der Waals surface area contributed by atoms with E-state index >= 15 is 0 Å². The van der Waals surface area contributed by atoms with E-state index in [9.17, 15) is 86.3 Å². The molecule has 2 unspecified atom stereocenters. The van der Waals surface area contributed by atoms with Crippen molar-refractivity contribution >= 4 is 129 Å². The fraction of sp³-hybridized carbons (Fsp3) is 0.515. The van der Waals surface area contributed by atoms with Crippen molar-refractivity contribution in [2.45, 2.75) is 195 Å². The van der Waals surface area contributed by atoms with Crippen LogP contribution in [0.2, 0.25) is 0 Å². The number of hydrogen-bond acceptors (Lipinski definition) is 34. The van der Waals surface area contributed by atoms with E-state index in [0.29, 0.717) is 81.4 Å². The number of benzene rings is 5. The number of urea groups is 3. The van der Waals surface area contributed by atoms with E-state index in [1.807, 2.05) is 181 Å². The highest BCUT2D eigenvalue weighted by Crippen LogP contribution is 2.35. The van der Waals surface area contributed by atoms with Crippen molar-refractivity contribution in [1.29, 1.82) is 0 Å². The molecule has 17 N–H and O–H groups in total. The Kier molecular flexibility index (Phi) is 59.3.